The number of likely N-dealkylation sites (tertiary alicyclic amines) is 1. The summed E-state index contributed by atoms with van der Waals surface area (Å²) >= 11 is 0. The number of carbonyl (C=O) groups excluding carboxylic acids is 1. The SMILES string of the molecule is Cc1n[nH]c(C)c1[C@@H]1CCCN1C(=O)NCc1cccc(N(C)C)c1. The van der Waals surface area contributed by atoms with E-state index in [4.69, 9.17) is 0 Å². The van der Waals surface area contributed by atoms with Gasteiger partial charge in [-0.25, -0.2) is 4.79 Å². The summed E-state index contributed by atoms with van der Waals surface area (Å²) in [6, 6.07) is 8.34. The van der Waals surface area contributed by atoms with E-state index >= 15 is 0 Å². The molecule has 0 aliphatic carbocycles. The van der Waals surface area contributed by atoms with E-state index in [9.17, 15) is 4.79 Å². The zero-order valence-electron chi connectivity index (χ0n) is 15.5. The molecule has 1 fully saturated rings. The van der Waals surface area contributed by atoms with Crippen LogP contribution in [0.25, 0.3) is 0 Å². The third kappa shape index (κ3) is 3.62. The van der Waals surface area contributed by atoms with Crippen molar-refractivity contribution in [2.75, 3.05) is 25.5 Å². The summed E-state index contributed by atoms with van der Waals surface area (Å²) in [7, 11) is 4.03. The molecule has 0 bridgehead atoms. The zero-order chi connectivity index (χ0) is 18.0. The fourth-order valence-corrected chi connectivity index (χ4v) is 3.58. The number of benzene rings is 1. The Balaban J connectivity index is 1.67. The van der Waals surface area contributed by atoms with Gasteiger partial charge in [-0.2, -0.15) is 5.10 Å². The highest BCUT2D eigenvalue weighted by atomic mass is 16.2. The van der Waals surface area contributed by atoms with E-state index in [2.05, 4.69) is 32.5 Å². The average Bonchev–Trinajstić information content (AvgIpc) is 3.19. The van der Waals surface area contributed by atoms with E-state index < -0.39 is 0 Å². The largest absolute Gasteiger partial charge is 0.378 e. The van der Waals surface area contributed by atoms with Crippen LogP contribution in [0.5, 0.6) is 0 Å². The Bertz CT molecular complexity index is 733. The Labute approximate surface area is 149 Å². The van der Waals surface area contributed by atoms with Gasteiger partial charge in [0.2, 0.25) is 0 Å². The van der Waals surface area contributed by atoms with Gasteiger partial charge in [-0.3, -0.25) is 5.10 Å². The van der Waals surface area contributed by atoms with Crippen molar-refractivity contribution in [1.29, 1.82) is 0 Å². The van der Waals surface area contributed by atoms with Crippen molar-refractivity contribution >= 4 is 11.7 Å². The van der Waals surface area contributed by atoms with Gasteiger partial charge in [-0.1, -0.05) is 12.1 Å². The summed E-state index contributed by atoms with van der Waals surface area (Å²) in [6.07, 6.45) is 2.02. The number of aryl methyl sites for hydroxylation is 2. The maximum atomic E-state index is 12.7. The Hall–Kier alpha value is -2.50. The molecule has 1 atom stereocenters. The Kier molecular flexibility index (Phi) is 4.97. The van der Waals surface area contributed by atoms with Gasteiger partial charge >= 0.3 is 6.03 Å². The molecular weight excluding hydrogens is 314 g/mol. The second kappa shape index (κ2) is 7.17. The van der Waals surface area contributed by atoms with Crippen LogP contribution in [0, 0.1) is 13.8 Å². The first-order chi connectivity index (χ1) is 12.0. The molecule has 0 radical (unpaired) electrons. The summed E-state index contributed by atoms with van der Waals surface area (Å²) < 4.78 is 0. The van der Waals surface area contributed by atoms with Crippen LogP contribution in [0.1, 0.15) is 41.4 Å². The summed E-state index contributed by atoms with van der Waals surface area (Å²) in [5.74, 6) is 0. The smallest absolute Gasteiger partial charge is 0.318 e. The highest BCUT2D eigenvalue weighted by molar-refractivity contribution is 5.75. The fourth-order valence-electron chi connectivity index (χ4n) is 3.58. The minimum atomic E-state index is -0.00208. The highest BCUT2D eigenvalue weighted by Crippen LogP contribution is 2.34. The van der Waals surface area contributed by atoms with Gasteiger partial charge in [0.15, 0.2) is 0 Å². The van der Waals surface area contributed by atoms with Crippen molar-refractivity contribution in [1.82, 2.24) is 20.4 Å². The molecule has 2 N–H and O–H groups in total. The molecule has 2 amide bonds. The fraction of sp³-hybridized carbons (Fsp3) is 0.474. The van der Waals surface area contributed by atoms with Gasteiger partial charge in [-0.15, -0.1) is 0 Å². The Morgan fingerprint density at radius 2 is 2.20 bits per heavy atom. The lowest BCUT2D eigenvalue weighted by molar-refractivity contribution is 0.192. The second-order valence-electron chi connectivity index (χ2n) is 6.92. The topological polar surface area (TPSA) is 64.3 Å². The number of carbonyl (C=O) groups is 1. The number of urea groups is 1. The van der Waals surface area contributed by atoms with Crippen molar-refractivity contribution in [2.45, 2.75) is 39.3 Å². The molecule has 134 valence electrons. The first-order valence-electron chi connectivity index (χ1n) is 8.79. The van der Waals surface area contributed by atoms with Crippen LogP contribution in [-0.4, -0.2) is 41.8 Å². The number of rotatable bonds is 4. The molecule has 1 aromatic carbocycles. The molecule has 2 heterocycles. The molecule has 6 heteroatoms. The first kappa shape index (κ1) is 17.3. The third-order valence-corrected chi connectivity index (χ3v) is 4.90. The molecular formula is C19H27N5O. The molecule has 1 saturated heterocycles. The normalized spacial score (nSPS) is 17.0. The van der Waals surface area contributed by atoms with Crippen LogP contribution in [0.2, 0.25) is 0 Å². The van der Waals surface area contributed by atoms with Gasteiger partial charge < -0.3 is 15.1 Å². The van der Waals surface area contributed by atoms with Gasteiger partial charge in [-0.05, 0) is 44.4 Å². The summed E-state index contributed by atoms with van der Waals surface area (Å²) in [4.78, 5) is 16.7. The maximum absolute atomic E-state index is 12.7. The predicted octanol–water partition coefficient (Wildman–Crippen LogP) is 3.14. The van der Waals surface area contributed by atoms with Crippen LogP contribution < -0.4 is 10.2 Å². The van der Waals surface area contributed by atoms with Crippen LogP contribution in [0.15, 0.2) is 24.3 Å². The summed E-state index contributed by atoms with van der Waals surface area (Å²) in [5.41, 5.74) is 5.45. The molecule has 3 rings (SSSR count). The number of hydrogen-bond acceptors (Lipinski definition) is 3. The van der Waals surface area contributed by atoms with Crippen LogP contribution in [-0.2, 0) is 6.54 Å². The number of anilines is 1. The predicted molar refractivity (Wildman–Crippen MR) is 99.7 cm³/mol. The van der Waals surface area contributed by atoms with E-state index in [0.717, 1.165) is 42.0 Å². The van der Waals surface area contributed by atoms with Crippen molar-refractivity contribution in [3.8, 4) is 0 Å². The summed E-state index contributed by atoms with van der Waals surface area (Å²) in [6.45, 7) is 5.35. The van der Waals surface area contributed by atoms with E-state index in [1.54, 1.807) is 0 Å². The van der Waals surface area contributed by atoms with Gasteiger partial charge in [0.25, 0.3) is 0 Å². The lowest BCUT2D eigenvalue weighted by Crippen LogP contribution is -2.39. The first-order valence-corrected chi connectivity index (χ1v) is 8.79. The molecule has 2 aromatic rings. The van der Waals surface area contributed by atoms with Crippen LogP contribution >= 0.6 is 0 Å². The molecule has 0 unspecified atom stereocenters. The highest BCUT2D eigenvalue weighted by Gasteiger charge is 2.32. The number of aromatic amines is 1. The number of amides is 2. The zero-order valence-corrected chi connectivity index (χ0v) is 15.5. The van der Waals surface area contributed by atoms with Gasteiger partial charge in [0.1, 0.15) is 0 Å². The number of aromatic nitrogens is 2. The molecule has 6 nitrogen and oxygen atoms in total. The molecule has 0 spiro atoms. The lowest BCUT2D eigenvalue weighted by atomic mass is 10.0. The van der Waals surface area contributed by atoms with E-state index in [-0.39, 0.29) is 12.1 Å². The number of hydrogen-bond donors (Lipinski definition) is 2. The molecule has 25 heavy (non-hydrogen) atoms. The van der Waals surface area contributed by atoms with Crippen molar-refractivity contribution in [2.24, 2.45) is 0 Å². The molecule has 1 aromatic heterocycles. The minimum absolute atomic E-state index is 0.00208. The second-order valence-corrected chi connectivity index (χ2v) is 6.92. The van der Waals surface area contributed by atoms with Crippen molar-refractivity contribution < 1.29 is 4.79 Å². The van der Waals surface area contributed by atoms with Gasteiger partial charge in [0, 0.05) is 44.1 Å². The lowest BCUT2D eigenvalue weighted by Gasteiger charge is -2.25. The van der Waals surface area contributed by atoms with Gasteiger partial charge in [0.05, 0.1) is 11.7 Å². The molecule has 1 aliphatic rings. The van der Waals surface area contributed by atoms with Crippen LogP contribution in [0.4, 0.5) is 10.5 Å². The Morgan fingerprint density at radius 1 is 1.40 bits per heavy atom. The van der Waals surface area contributed by atoms with Crippen LogP contribution in [0.3, 0.4) is 0 Å². The minimum Gasteiger partial charge on any atom is -0.378 e. The number of nitrogens with zero attached hydrogens (tertiary/aromatic N) is 3. The Morgan fingerprint density at radius 3 is 2.88 bits per heavy atom. The average molecular weight is 341 g/mol. The summed E-state index contributed by atoms with van der Waals surface area (Å²) in [5, 5.41) is 10.4. The van der Waals surface area contributed by atoms with E-state index in [1.807, 2.05) is 45.0 Å². The number of nitrogens with one attached hydrogen (secondary N) is 2. The quantitative estimate of drug-likeness (QED) is 0.898. The molecule has 0 saturated carbocycles. The standard InChI is InChI=1S/C19H27N5O/c1-13-18(14(2)22-21-13)17-9-6-10-24(17)19(25)20-12-15-7-5-8-16(11-15)23(3)4/h5,7-8,11,17H,6,9-10,12H2,1-4H3,(H,20,25)(H,21,22)/t17-/m0/s1. The molecule has 1 aliphatic heterocycles. The van der Waals surface area contributed by atoms with E-state index in [1.165, 1.54) is 5.56 Å². The van der Waals surface area contributed by atoms with Crippen molar-refractivity contribution in [3.05, 3.63) is 46.8 Å². The van der Waals surface area contributed by atoms with Crippen molar-refractivity contribution in [3.63, 3.8) is 0 Å². The maximum Gasteiger partial charge on any atom is 0.318 e. The number of H-pyrrole nitrogens is 1. The third-order valence-electron chi connectivity index (χ3n) is 4.90. The monoisotopic (exact) mass is 341 g/mol. The van der Waals surface area contributed by atoms with E-state index in [0.29, 0.717) is 6.54 Å².